The van der Waals surface area contributed by atoms with E-state index in [4.69, 9.17) is 4.99 Å². The fourth-order valence-corrected chi connectivity index (χ4v) is 2.76. The number of fused-ring (bicyclic) bond motifs is 4. The summed E-state index contributed by atoms with van der Waals surface area (Å²) >= 11 is 0. The highest BCUT2D eigenvalue weighted by atomic mass is 15.0. The first kappa shape index (κ1) is 11.3. The number of para-hydroxylation sites is 2. The predicted molar refractivity (Wildman–Crippen MR) is 84.6 cm³/mol. The van der Waals surface area contributed by atoms with E-state index in [2.05, 4.69) is 41.5 Å². The van der Waals surface area contributed by atoms with Crippen molar-refractivity contribution in [1.29, 1.82) is 0 Å². The molecule has 2 aromatic carbocycles. The molecule has 0 bridgehead atoms. The van der Waals surface area contributed by atoms with Gasteiger partial charge in [0.05, 0.1) is 28.5 Å². The van der Waals surface area contributed by atoms with Crippen LogP contribution in [0.25, 0.3) is 10.9 Å². The quantitative estimate of drug-likeness (QED) is 0.606. The zero-order valence-corrected chi connectivity index (χ0v) is 11.5. The Labute approximate surface area is 117 Å². The van der Waals surface area contributed by atoms with Gasteiger partial charge in [-0.25, -0.2) is 4.99 Å². The highest BCUT2D eigenvalue weighted by molar-refractivity contribution is 6.13. The van der Waals surface area contributed by atoms with Gasteiger partial charge in [-0.3, -0.25) is 0 Å². The summed E-state index contributed by atoms with van der Waals surface area (Å²) in [5.41, 5.74) is 7.63. The average molecular weight is 261 g/mol. The van der Waals surface area contributed by atoms with Crippen LogP contribution >= 0.6 is 0 Å². The Morgan fingerprint density at radius 1 is 1.00 bits per heavy atom. The molecular weight excluding hydrogens is 246 g/mol. The first-order chi connectivity index (χ1) is 9.72. The maximum absolute atomic E-state index is 4.72. The van der Waals surface area contributed by atoms with Crippen LogP contribution in [0.5, 0.6) is 0 Å². The molecule has 1 aliphatic heterocycles. The molecule has 20 heavy (non-hydrogen) atoms. The molecule has 2 N–H and O–H groups in total. The number of nitrogens with one attached hydrogen (secondary N) is 2. The molecule has 3 nitrogen and oxygen atoms in total. The largest absolute Gasteiger partial charge is 0.352 e. The van der Waals surface area contributed by atoms with Gasteiger partial charge in [0.2, 0.25) is 0 Å². The fraction of sp³-hybridized carbons (Fsp3) is 0.118. The third-order valence-electron chi connectivity index (χ3n) is 3.77. The summed E-state index contributed by atoms with van der Waals surface area (Å²) in [6.45, 7) is 4.16. The van der Waals surface area contributed by atoms with Gasteiger partial charge >= 0.3 is 0 Å². The molecule has 0 radical (unpaired) electrons. The van der Waals surface area contributed by atoms with Crippen molar-refractivity contribution in [3.8, 4) is 0 Å². The van der Waals surface area contributed by atoms with Gasteiger partial charge in [-0.2, -0.15) is 0 Å². The number of H-pyrrole nitrogens is 1. The molecule has 0 spiro atoms. The van der Waals surface area contributed by atoms with E-state index >= 15 is 0 Å². The van der Waals surface area contributed by atoms with E-state index in [1.54, 1.807) is 0 Å². The maximum atomic E-state index is 4.72. The Morgan fingerprint density at radius 3 is 2.75 bits per heavy atom. The molecule has 1 aliphatic rings. The number of anilines is 2. The molecule has 3 aromatic rings. The van der Waals surface area contributed by atoms with Gasteiger partial charge in [-0.1, -0.05) is 23.8 Å². The molecular formula is C17H15N3. The first-order valence-electron chi connectivity index (χ1n) is 6.76. The van der Waals surface area contributed by atoms with Gasteiger partial charge in [0.15, 0.2) is 0 Å². The van der Waals surface area contributed by atoms with Crippen LogP contribution in [0.2, 0.25) is 0 Å². The van der Waals surface area contributed by atoms with Crippen LogP contribution in [0, 0.1) is 6.92 Å². The molecule has 0 fully saturated rings. The minimum atomic E-state index is 0.982. The smallest absolute Gasteiger partial charge is 0.0868 e. The molecule has 0 atom stereocenters. The molecule has 0 amide bonds. The van der Waals surface area contributed by atoms with Crippen molar-refractivity contribution in [2.45, 2.75) is 13.8 Å². The minimum Gasteiger partial charge on any atom is -0.352 e. The van der Waals surface area contributed by atoms with Crippen LogP contribution < -0.4 is 5.32 Å². The van der Waals surface area contributed by atoms with Crippen LogP contribution in [0.15, 0.2) is 47.5 Å². The Kier molecular flexibility index (Phi) is 2.24. The van der Waals surface area contributed by atoms with E-state index in [1.165, 1.54) is 10.9 Å². The number of benzene rings is 2. The molecule has 4 rings (SSSR count). The van der Waals surface area contributed by atoms with Crippen molar-refractivity contribution in [1.82, 2.24) is 4.98 Å². The van der Waals surface area contributed by atoms with Gasteiger partial charge < -0.3 is 10.3 Å². The standard InChI is InChI=1S/C17H15N3/c1-10-7-8-13-12(9-10)17-16(19-13)11(2)18-14-5-3-4-6-15(14)20-17/h3-9,19-20H,1-2H3. The summed E-state index contributed by atoms with van der Waals surface area (Å²) in [4.78, 5) is 8.20. The van der Waals surface area contributed by atoms with Crippen molar-refractivity contribution in [2.24, 2.45) is 4.99 Å². The van der Waals surface area contributed by atoms with Gasteiger partial charge in [-0.05, 0) is 38.1 Å². The van der Waals surface area contributed by atoms with Gasteiger partial charge in [0.1, 0.15) is 0 Å². The Hall–Kier alpha value is -2.55. The lowest BCUT2D eigenvalue weighted by Crippen LogP contribution is -1.96. The normalized spacial score (nSPS) is 13.2. The molecule has 0 saturated heterocycles. The van der Waals surface area contributed by atoms with Gasteiger partial charge in [0.25, 0.3) is 0 Å². The molecule has 2 heterocycles. The van der Waals surface area contributed by atoms with E-state index in [0.717, 1.165) is 34.0 Å². The summed E-state index contributed by atoms with van der Waals surface area (Å²) in [5.74, 6) is 0. The second kappa shape index (κ2) is 3.97. The lowest BCUT2D eigenvalue weighted by molar-refractivity contribution is 1.39. The third kappa shape index (κ3) is 1.56. The number of aromatic nitrogens is 1. The van der Waals surface area contributed by atoms with Crippen LogP contribution in [0.3, 0.4) is 0 Å². The monoisotopic (exact) mass is 261 g/mol. The van der Waals surface area contributed by atoms with E-state index < -0.39 is 0 Å². The Bertz CT molecular complexity index is 856. The molecule has 3 heteroatoms. The zero-order chi connectivity index (χ0) is 13.7. The lowest BCUT2D eigenvalue weighted by Gasteiger charge is -2.06. The van der Waals surface area contributed by atoms with Crippen molar-refractivity contribution in [2.75, 3.05) is 5.32 Å². The number of aryl methyl sites for hydroxylation is 1. The SMILES string of the molecule is CC1=Nc2ccccc2Nc2c1[nH]c1ccc(C)cc21. The summed E-state index contributed by atoms with van der Waals surface area (Å²) in [7, 11) is 0. The molecule has 0 unspecified atom stereocenters. The van der Waals surface area contributed by atoms with E-state index in [9.17, 15) is 0 Å². The van der Waals surface area contributed by atoms with E-state index in [-0.39, 0.29) is 0 Å². The highest BCUT2D eigenvalue weighted by Gasteiger charge is 2.18. The van der Waals surface area contributed by atoms with Crippen LogP contribution in [0.4, 0.5) is 17.1 Å². The second-order valence-electron chi connectivity index (χ2n) is 5.26. The number of aliphatic imine (C=N–C) groups is 1. The van der Waals surface area contributed by atoms with Crippen LogP contribution in [0.1, 0.15) is 18.2 Å². The summed E-state index contributed by atoms with van der Waals surface area (Å²) in [5, 5.41) is 4.75. The Balaban J connectivity index is 2.05. The lowest BCUT2D eigenvalue weighted by atomic mass is 10.1. The maximum Gasteiger partial charge on any atom is 0.0868 e. The number of hydrogen-bond donors (Lipinski definition) is 2. The second-order valence-corrected chi connectivity index (χ2v) is 5.26. The molecule has 98 valence electrons. The topological polar surface area (TPSA) is 40.2 Å². The summed E-state index contributed by atoms with van der Waals surface area (Å²) in [6.07, 6.45) is 0. The van der Waals surface area contributed by atoms with Crippen molar-refractivity contribution < 1.29 is 0 Å². The molecule has 0 aliphatic carbocycles. The molecule has 0 saturated carbocycles. The average Bonchev–Trinajstić information content (AvgIpc) is 2.72. The number of aromatic amines is 1. The van der Waals surface area contributed by atoms with E-state index in [0.29, 0.717) is 0 Å². The summed E-state index contributed by atoms with van der Waals surface area (Å²) in [6, 6.07) is 14.6. The van der Waals surface area contributed by atoms with Crippen molar-refractivity contribution >= 4 is 33.7 Å². The third-order valence-corrected chi connectivity index (χ3v) is 3.77. The zero-order valence-electron chi connectivity index (χ0n) is 11.5. The van der Waals surface area contributed by atoms with Gasteiger partial charge in [0, 0.05) is 10.9 Å². The van der Waals surface area contributed by atoms with Gasteiger partial charge in [-0.15, -0.1) is 0 Å². The van der Waals surface area contributed by atoms with Crippen LogP contribution in [-0.4, -0.2) is 10.7 Å². The fourth-order valence-electron chi connectivity index (χ4n) is 2.76. The number of hydrogen-bond acceptors (Lipinski definition) is 2. The molecule has 1 aromatic heterocycles. The minimum absolute atomic E-state index is 0.982. The van der Waals surface area contributed by atoms with Crippen molar-refractivity contribution in [3.05, 3.63) is 53.7 Å². The number of rotatable bonds is 0. The predicted octanol–water partition coefficient (Wildman–Crippen LogP) is 4.67. The van der Waals surface area contributed by atoms with E-state index in [1.807, 2.05) is 25.1 Å². The first-order valence-corrected chi connectivity index (χ1v) is 6.76. The van der Waals surface area contributed by atoms with Crippen LogP contribution in [-0.2, 0) is 0 Å². The summed E-state index contributed by atoms with van der Waals surface area (Å²) < 4.78 is 0. The highest BCUT2D eigenvalue weighted by Crippen LogP contribution is 2.38. The van der Waals surface area contributed by atoms with Crippen molar-refractivity contribution in [3.63, 3.8) is 0 Å². The Morgan fingerprint density at radius 2 is 1.85 bits per heavy atom. The number of nitrogens with zero attached hydrogens (tertiary/aromatic N) is 1.